The highest BCUT2D eigenvalue weighted by molar-refractivity contribution is 7.91. The Kier molecular flexibility index (Phi) is 5.51. The van der Waals surface area contributed by atoms with Crippen LogP contribution < -0.4 is 5.32 Å². The van der Waals surface area contributed by atoms with Gasteiger partial charge in [-0.2, -0.15) is 0 Å². The molecule has 1 aromatic carbocycles. The molecule has 0 bridgehead atoms. The molecule has 1 saturated heterocycles. The number of benzene rings is 1. The highest BCUT2D eigenvalue weighted by Gasteiger charge is 2.28. The van der Waals surface area contributed by atoms with Gasteiger partial charge in [0.05, 0.1) is 17.1 Å². The number of nitrogens with one attached hydrogen (secondary N) is 1. The van der Waals surface area contributed by atoms with Crippen molar-refractivity contribution in [1.82, 2.24) is 14.9 Å². The Hall–Kier alpha value is -2.48. The molecule has 3 rings (SSSR count). The molecule has 7 nitrogen and oxygen atoms in total. The molecule has 0 spiro atoms. The fourth-order valence-corrected chi connectivity index (χ4v) is 4.59. The van der Waals surface area contributed by atoms with E-state index in [1.807, 2.05) is 37.3 Å². The zero-order chi connectivity index (χ0) is 18.6. The van der Waals surface area contributed by atoms with Crippen molar-refractivity contribution in [3.05, 3.63) is 53.9 Å². The maximum Gasteiger partial charge on any atom is 0.257 e. The van der Waals surface area contributed by atoms with E-state index < -0.39 is 9.84 Å². The molecule has 1 atom stereocenters. The number of carbonyl (C=O) groups excluding carboxylic acids is 1. The van der Waals surface area contributed by atoms with Gasteiger partial charge in [0.25, 0.3) is 5.91 Å². The molecule has 138 valence electrons. The average Bonchev–Trinajstić information content (AvgIpc) is 2.99. The van der Waals surface area contributed by atoms with E-state index in [4.69, 9.17) is 0 Å². The Morgan fingerprint density at radius 3 is 2.50 bits per heavy atom. The predicted molar refractivity (Wildman–Crippen MR) is 99.6 cm³/mol. The molecule has 0 radical (unpaired) electrons. The highest BCUT2D eigenvalue weighted by Crippen LogP contribution is 2.15. The molecule has 2 heterocycles. The van der Waals surface area contributed by atoms with Crippen LogP contribution in [-0.4, -0.2) is 53.3 Å². The van der Waals surface area contributed by atoms with Gasteiger partial charge >= 0.3 is 0 Å². The normalized spacial score (nSPS) is 18.4. The standard InChI is InChI=1S/C18H22N4O3S/c1-2-22(12-14-6-4-3-5-7-14)17(23)15-10-19-18(20-11-15)21-16-8-9-26(24,25)13-16/h3-7,10-11,16H,2,8-9,12-13H2,1H3,(H,19,20,21). The number of rotatable bonds is 6. The molecule has 1 fully saturated rings. The molecule has 1 unspecified atom stereocenters. The summed E-state index contributed by atoms with van der Waals surface area (Å²) in [5.41, 5.74) is 1.47. The molecular weight excluding hydrogens is 352 g/mol. The van der Waals surface area contributed by atoms with Crippen molar-refractivity contribution in [1.29, 1.82) is 0 Å². The van der Waals surface area contributed by atoms with E-state index >= 15 is 0 Å². The van der Waals surface area contributed by atoms with E-state index in [9.17, 15) is 13.2 Å². The summed E-state index contributed by atoms with van der Waals surface area (Å²) in [5.74, 6) is 0.491. The van der Waals surface area contributed by atoms with E-state index in [0.717, 1.165) is 5.56 Å². The Labute approximate surface area is 153 Å². The van der Waals surface area contributed by atoms with E-state index in [-0.39, 0.29) is 23.5 Å². The lowest BCUT2D eigenvalue weighted by molar-refractivity contribution is 0.0751. The van der Waals surface area contributed by atoms with Crippen LogP contribution in [0.25, 0.3) is 0 Å². The maximum atomic E-state index is 12.7. The molecular formula is C18H22N4O3S. The molecule has 1 amide bonds. The van der Waals surface area contributed by atoms with Crippen LogP contribution >= 0.6 is 0 Å². The van der Waals surface area contributed by atoms with Gasteiger partial charge in [-0.15, -0.1) is 0 Å². The van der Waals surface area contributed by atoms with Gasteiger partial charge in [0.2, 0.25) is 5.95 Å². The largest absolute Gasteiger partial charge is 0.350 e. The van der Waals surface area contributed by atoms with Crippen LogP contribution in [0.5, 0.6) is 0 Å². The lowest BCUT2D eigenvalue weighted by atomic mass is 10.2. The molecule has 8 heteroatoms. The van der Waals surface area contributed by atoms with Gasteiger partial charge in [-0.1, -0.05) is 30.3 Å². The molecule has 0 aliphatic carbocycles. The van der Waals surface area contributed by atoms with Crippen LogP contribution in [0.1, 0.15) is 29.3 Å². The third-order valence-corrected chi connectivity index (χ3v) is 6.12. The topological polar surface area (TPSA) is 92.3 Å². The summed E-state index contributed by atoms with van der Waals surface area (Å²) in [6.07, 6.45) is 3.51. The first-order valence-electron chi connectivity index (χ1n) is 8.59. The van der Waals surface area contributed by atoms with Crippen LogP contribution in [0.2, 0.25) is 0 Å². The first-order valence-corrected chi connectivity index (χ1v) is 10.4. The number of nitrogens with zero attached hydrogens (tertiary/aromatic N) is 3. The number of hydrogen-bond donors (Lipinski definition) is 1. The number of amides is 1. The fourth-order valence-electron chi connectivity index (χ4n) is 2.92. The van der Waals surface area contributed by atoms with Crippen LogP contribution in [0.4, 0.5) is 5.95 Å². The van der Waals surface area contributed by atoms with Gasteiger partial charge in [-0.25, -0.2) is 18.4 Å². The van der Waals surface area contributed by atoms with Gasteiger partial charge in [-0.05, 0) is 18.9 Å². The van der Waals surface area contributed by atoms with Crippen molar-refractivity contribution in [2.24, 2.45) is 0 Å². The molecule has 1 N–H and O–H groups in total. The quantitative estimate of drug-likeness (QED) is 0.828. The van der Waals surface area contributed by atoms with E-state index in [2.05, 4.69) is 15.3 Å². The second-order valence-electron chi connectivity index (χ2n) is 6.34. The summed E-state index contributed by atoms with van der Waals surface area (Å²) in [6, 6.07) is 9.62. The zero-order valence-electron chi connectivity index (χ0n) is 14.6. The summed E-state index contributed by atoms with van der Waals surface area (Å²) >= 11 is 0. The number of anilines is 1. The van der Waals surface area contributed by atoms with Crippen molar-refractivity contribution in [2.45, 2.75) is 25.9 Å². The number of sulfone groups is 1. The number of carbonyl (C=O) groups is 1. The minimum atomic E-state index is -2.96. The lowest BCUT2D eigenvalue weighted by Crippen LogP contribution is -2.30. The summed E-state index contributed by atoms with van der Waals surface area (Å²) in [4.78, 5) is 22.7. The fraction of sp³-hybridized carbons (Fsp3) is 0.389. The average molecular weight is 374 g/mol. The molecule has 1 aliphatic heterocycles. The molecule has 1 aromatic heterocycles. The summed E-state index contributed by atoms with van der Waals surface area (Å²) in [5, 5.41) is 3.02. The monoisotopic (exact) mass is 374 g/mol. The van der Waals surface area contributed by atoms with Gasteiger partial charge in [0.15, 0.2) is 9.84 Å². The molecule has 2 aromatic rings. The Bertz CT molecular complexity index is 854. The lowest BCUT2D eigenvalue weighted by Gasteiger charge is -2.21. The number of hydrogen-bond acceptors (Lipinski definition) is 6. The third-order valence-electron chi connectivity index (χ3n) is 4.35. The Morgan fingerprint density at radius 2 is 1.92 bits per heavy atom. The van der Waals surface area contributed by atoms with Crippen LogP contribution in [-0.2, 0) is 16.4 Å². The SMILES string of the molecule is CCN(Cc1ccccc1)C(=O)c1cnc(NC2CCS(=O)(=O)C2)nc1. The van der Waals surface area contributed by atoms with Gasteiger partial charge in [0, 0.05) is 31.5 Å². The Morgan fingerprint density at radius 1 is 1.23 bits per heavy atom. The summed E-state index contributed by atoms with van der Waals surface area (Å²) < 4.78 is 23.0. The maximum absolute atomic E-state index is 12.7. The number of aromatic nitrogens is 2. The zero-order valence-corrected chi connectivity index (χ0v) is 15.4. The third kappa shape index (κ3) is 4.57. The Balaban J connectivity index is 1.64. The van der Waals surface area contributed by atoms with Crippen molar-refractivity contribution in [2.75, 3.05) is 23.4 Å². The minimum Gasteiger partial charge on any atom is -0.350 e. The predicted octanol–water partition coefficient (Wildman–Crippen LogP) is 1.74. The summed E-state index contributed by atoms with van der Waals surface area (Å²) in [7, 11) is -2.96. The minimum absolute atomic E-state index is 0.0950. The van der Waals surface area contributed by atoms with Crippen molar-refractivity contribution < 1.29 is 13.2 Å². The van der Waals surface area contributed by atoms with Gasteiger partial charge < -0.3 is 10.2 Å². The smallest absolute Gasteiger partial charge is 0.257 e. The summed E-state index contributed by atoms with van der Waals surface area (Å²) in [6.45, 7) is 3.03. The second-order valence-corrected chi connectivity index (χ2v) is 8.57. The van der Waals surface area contributed by atoms with E-state index in [1.165, 1.54) is 12.4 Å². The highest BCUT2D eigenvalue weighted by atomic mass is 32.2. The van der Waals surface area contributed by atoms with Crippen LogP contribution in [0.3, 0.4) is 0 Å². The van der Waals surface area contributed by atoms with Gasteiger partial charge in [0.1, 0.15) is 0 Å². The second kappa shape index (κ2) is 7.82. The van der Waals surface area contributed by atoms with Crippen LogP contribution in [0.15, 0.2) is 42.7 Å². The van der Waals surface area contributed by atoms with Crippen molar-refractivity contribution in [3.63, 3.8) is 0 Å². The van der Waals surface area contributed by atoms with E-state index in [0.29, 0.717) is 31.0 Å². The first-order chi connectivity index (χ1) is 12.5. The van der Waals surface area contributed by atoms with Crippen molar-refractivity contribution >= 4 is 21.7 Å². The molecule has 1 aliphatic rings. The van der Waals surface area contributed by atoms with Crippen molar-refractivity contribution in [3.8, 4) is 0 Å². The van der Waals surface area contributed by atoms with Crippen LogP contribution in [0, 0.1) is 0 Å². The molecule has 0 saturated carbocycles. The van der Waals surface area contributed by atoms with Gasteiger partial charge in [-0.3, -0.25) is 4.79 Å². The first kappa shape index (κ1) is 18.3. The van der Waals surface area contributed by atoms with E-state index in [1.54, 1.807) is 4.90 Å². The molecule has 26 heavy (non-hydrogen) atoms.